The first-order valence-corrected chi connectivity index (χ1v) is 8.09. The Morgan fingerprint density at radius 2 is 1.77 bits per heavy atom. The first-order chi connectivity index (χ1) is 12.7. The third-order valence-electron chi connectivity index (χ3n) is 4.29. The number of pyridine rings is 1. The van der Waals surface area contributed by atoms with Crippen LogP contribution < -0.4 is 0 Å². The number of ether oxygens (including phenoxy) is 1. The lowest BCUT2D eigenvalue weighted by Gasteiger charge is -2.14. The van der Waals surface area contributed by atoms with Gasteiger partial charge in [0.2, 0.25) is 0 Å². The topological polar surface area (TPSA) is 43.6 Å². The van der Waals surface area contributed by atoms with Crippen LogP contribution in [-0.4, -0.2) is 22.5 Å². The number of imidazole rings is 1. The lowest BCUT2D eigenvalue weighted by molar-refractivity contribution is 0.0603. The fraction of sp³-hybridized carbons (Fsp3) is 0.0476. The fourth-order valence-electron chi connectivity index (χ4n) is 3.07. The van der Waals surface area contributed by atoms with Crippen molar-refractivity contribution in [3.63, 3.8) is 0 Å². The molecule has 0 fully saturated rings. The molecule has 128 valence electrons. The van der Waals surface area contributed by atoms with Gasteiger partial charge in [-0.2, -0.15) is 0 Å². The number of rotatable bonds is 3. The van der Waals surface area contributed by atoms with Crippen LogP contribution in [-0.2, 0) is 4.74 Å². The summed E-state index contributed by atoms with van der Waals surface area (Å²) < 4.78 is 20.1. The molecule has 5 heteroatoms. The molecule has 4 rings (SSSR count). The molecule has 4 nitrogen and oxygen atoms in total. The Kier molecular flexibility index (Phi) is 3.97. The highest BCUT2D eigenvalue weighted by molar-refractivity contribution is 6.04. The second-order valence-corrected chi connectivity index (χ2v) is 5.80. The molecule has 4 aromatic rings. The number of hydrogen-bond donors (Lipinski definition) is 0. The van der Waals surface area contributed by atoms with E-state index in [0.29, 0.717) is 11.2 Å². The number of halogens is 1. The molecule has 0 bridgehead atoms. The number of hydrogen-bond acceptors (Lipinski definition) is 3. The molecule has 0 aliphatic heterocycles. The van der Waals surface area contributed by atoms with E-state index in [4.69, 9.17) is 4.74 Å². The molecular formula is C21H15FN2O2. The number of aromatic nitrogens is 2. The van der Waals surface area contributed by atoms with Gasteiger partial charge < -0.3 is 4.74 Å². The van der Waals surface area contributed by atoms with Crippen LogP contribution >= 0.6 is 0 Å². The second kappa shape index (κ2) is 6.44. The minimum atomic E-state index is -0.453. The molecule has 2 aromatic heterocycles. The van der Waals surface area contributed by atoms with Crippen LogP contribution in [0.15, 0.2) is 73.1 Å². The van der Waals surface area contributed by atoms with Gasteiger partial charge in [0.05, 0.1) is 12.8 Å². The summed E-state index contributed by atoms with van der Waals surface area (Å²) in [5.41, 5.74) is 4.12. The SMILES string of the molecule is COC(=O)c1c(-c2ccccc2)cc(-c2ccc(F)cc2)n2ccnc12. The van der Waals surface area contributed by atoms with Crippen molar-refractivity contribution in [1.82, 2.24) is 9.38 Å². The molecule has 2 heterocycles. The van der Waals surface area contributed by atoms with E-state index in [-0.39, 0.29) is 5.82 Å². The zero-order chi connectivity index (χ0) is 18.1. The number of benzene rings is 2. The summed E-state index contributed by atoms with van der Waals surface area (Å²) in [6, 6.07) is 17.7. The van der Waals surface area contributed by atoms with Gasteiger partial charge in [-0.15, -0.1) is 0 Å². The maximum atomic E-state index is 13.3. The molecule has 26 heavy (non-hydrogen) atoms. The zero-order valence-electron chi connectivity index (χ0n) is 14.0. The standard InChI is InChI=1S/C21H15FN2O2/c1-26-21(25)19-17(14-5-3-2-4-6-14)13-18(24-12-11-23-20(19)24)15-7-9-16(22)10-8-15/h2-13H,1H3. The smallest absolute Gasteiger partial charge is 0.342 e. The molecule has 0 atom stereocenters. The van der Waals surface area contributed by atoms with Gasteiger partial charge in [0, 0.05) is 18.0 Å². The van der Waals surface area contributed by atoms with Gasteiger partial charge in [0.1, 0.15) is 11.4 Å². The molecule has 0 saturated carbocycles. The molecular weight excluding hydrogens is 331 g/mol. The van der Waals surface area contributed by atoms with E-state index in [1.165, 1.54) is 19.2 Å². The van der Waals surface area contributed by atoms with Crippen molar-refractivity contribution in [2.45, 2.75) is 0 Å². The highest BCUT2D eigenvalue weighted by Crippen LogP contribution is 2.33. The maximum absolute atomic E-state index is 13.3. The Labute approximate surface area is 149 Å². The summed E-state index contributed by atoms with van der Waals surface area (Å²) in [7, 11) is 1.35. The number of esters is 1. The Morgan fingerprint density at radius 1 is 1.04 bits per heavy atom. The Balaban J connectivity index is 2.07. The summed E-state index contributed by atoms with van der Waals surface area (Å²) in [6.45, 7) is 0. The molecule has 0 N–H and O–H groups in total. The zero-order valence-corrected chi connectivity index (χ0v) is 14.0. The van der Waals surface area contributed by atoms with Crippen molar-refractivity contribution in [2.24, 2.45) is 0 Å². The Bertz CT molecular complexity index is 1090. The van der Waals surface area contributed by atoms with Crippen LogP contribution in [0.25, 0.3) is 28.0 Å². The lowest BCUT2D eigenvalue weighted by atomic mass is 9.98. The third kappa shape index (κ3) is 2.63. The summed E-state index contributed by atoms with van der Waals surface area (Å²) >= 11 is 0. The van der Waals surface area contributed by atoms with Gasteiger partial charge >= 0.3 is 5.97 Å². The monoisotopic (exact) mass is 346 g/mol. The molecule has 0 aliphatic rings. The molecule has 0 amide bonds. The van der Waals surface area contributed by atoms with Crippen LogP contribution in [0.3, 0.4) is 0 Å². The Morgan fingerprint density at radius 3 is 2.46 bits per heavy atom. The minimum Gasteiger partial charge on any atom is -0.465 e. The second-order valence-electron chi connectivity index (χ2n) is 5.80. The van der Waals surface area contributed by atoms with E-state index < -0.39 is 5.97 Å². The summed E-state index contributed by atoms with van der Waals surface area (Å²) in [5, 5.41) is 0. The highest BCUT2D eigenvalue weighted by Gasteiger charge is 2.21. The van der Waals surface area contributed by atoms with Crippen LogP contribution in [0.2, 0.25) is 0 Å². The average molecular weight is 346 g/mol. The quantitative estimate of drug-likeness (QED) is 0.510. The van der Waals surface area contributed by atoms with Crippen molar-refractivity contribution in [1.29, 1.82) is 0 Å². The Hall–Kier alpha value is -3.47. The first-order valence-electron chi connectivity index (χ1n) is 8.09. The minimum absolute atomic E-state index is 0.301. The maximum Gasteiger partial charge on any atom is 0.342 e. The van der Waals surface area contributed by atoms with E-state index in [1.807, 2.05) is 40.8 Å². The third-order valence-corrected chi connectivity index (χ3v) is 4.29. The van der Waals surface area contributed by atoms with Gasteiger partial charge in [-0.25, -0.2) is 14.2 Å². The van der Waals surface area contributed by atoms with E-state index in [0.717, 1.165) is 22.4 Å². The van der Waals surface area contributed by atoms with E-state index in [2.05, 4.69) is 4.98 Å². The fourth-order valence-corrected chi connectivity index (χ4v) is 3.07. The molecule has 0 spiro atoms. The summed E-state index contributed by atoms with van der Waals surface area (Å²) in [6.07, 6.45) is 3.40. The average Bonchev–Trinajstić information content (AvgIpc) is 3.17. The number of fused-ring (bicyclic) bond motifs is 1. The van der Waals surface area contributed by atoms with Gasteiger partial charge in [-0.1, -0.05) is 30.3 Å². The predicted molar refractivity (Wildman–Crippen MR) is 97.4 cm³/mol. The van der Waals surface area contributed by atoms with Gasteiger partial charge in [0.15, 0.2) is 5.65 Å². The molecule has 0 unspecified atom stereocenters. The van der Waals surface area contributed by atoms with Crippen molar-refractivity contribution in [2.75, 3.05) is 7.11 Å². The molecule has 0 radical (unpaired) electrons. The molecule has 0 saturated heterocycles. The van der Waals surface area contributed by atoms with Crippen LogP contribution in [0, 0.1) is 5.82 Å². The van der Waals surface area contributed by atoms with Crippen molar-refractivity contribution >= 4 is 11.6 Å². The van der Waals surface area contributed by atoms with E-state index in [1.54, 1.807) is 24.5 Å². The van der Waals surface area contributed by atoms with Gasteiger partial charge in [-0.3, -0.25) is 4.40 Å². The summed E-state index contributed by atoms with van der Waals surface area (Å²) in [5.74, 6) is -0.754. The van der Waals surface area contributed by atoms with Crippen molar-refractivity contribution < 1.29 is 13.9 Å². The van der Waals surface area contributed by atoms with Crippen LogP contribution in [0.5, 0.6) is 0 Å². The van der Waals surface area contributed by atoms with Crippen molar-refractivity contribution in [3.05, 3.63) is 84.4 Å². The largest absolute Gasteiger partial charge is 0.465 e. The van der Waals surface area contributed by atoms with Crippen LogP contribution in [0.1, 0.15) is 10.4 Å². The number of carbonyl (C=O) groups excluding carboxylic acids is 1. The van der Waals surface area contributed by atoms with Crippen molar-refractivity contribution in [3.8, 4) is 22.4 Å². The highest BCUT2D eigenvalue weighted by atomic mass is 19.1. The number of carbonyl (C=O) groups is 1. The van der Waals surface area contributed by atoms with E-state index in [9.17, 15) is 9.18 Å². The first kappa shape index (κ1) is 16.0. The molecule has 0 aliphatic carbocycles. The van der Waals surface area contributed by atoms with Gasteiger partial charge in [0.25, 0.3) is 0 Å². The van der Waals surface area contributed by atoms with E-state index >= 15 is 0 Å². The predicted octanol–water partition coefficient (Wildman–Crippen LogP) is 4.59. The van der Waals surface area contributed by atoms with Gasteiger partial charge in [-0.05, 0) is 41.5 Å². The number of nitrogens with zero attached hydrogens (tertiary/aromatic N) is 2. The number of methoxy groups -OCH3 is 1. The van der Waals surface area contributed by atoms with Crippen LogP contribution in [0.4, 0.5) is 4.39 Å². The summed E-state index contributed by atoms with van der Waals surface area (Å²) in [4.78, 5) is 16.9. The normalized spacial score (nSPS) is 10.8. The lowest BCUT2D eigenvalue weighted by Crippen LogP contribution is -2.08. The molecule has 2 aromatic carbocycles.